The molecular weight excluding hydrogens is 442 g/mol. The second-order valence-corrected chi connectivity index (χ2v) is 7.40. The minimum Gasteiger partial charge on any atom is -0.488 e. The molecule has 0 bridgehead atoms. The van der Waals surface area contributed by atoms with Crippen LogP contribution in [0.15, 0.2) is 51.8 Å². The molecule has 0 aliphatic rings. The van der Waals surface area contributed by atoms with Crippen molar-refractivity contribution in [3.8, 4) is 5.75 Å². The number of carbonyl (C=O) groups is 2. The lowest BCUT2D eigenvalue weighted by atomic mass is 10.1. The van der Waals surface area contributed by atoms with Crippen LogP contribution in [-0.2, 0) is 22.7 Å². The van der Waals surface area contributed by atoms with Gasteiger partial charge in [0.15, 0.2) is 0 Å². The second-order valence-electron chi connectivity index (χ2n) is 7.40. The molecule has 0 saturated heterocycles. The van der Waals surface area contributed by atoms with Crippen molar-refractivity contribution in [2.45, 2.75) is 27.1 Å². The summed E-state index contributed by atoms with van der Waals surface area (Å²) in [5, 5.41) is 4.18. The van der Waals surface area contributed by atoms with Crippen molar-refractivity contribution in [2.24, 2.45) is 0 Å². The molecule has 2 heterocycles. The van der Waals surface area contributed by atoms with Crippen molar-refractivity contribution in [3.05, 3.63) is 86.8 Å². The number of H-pyrrole nitrogens is 1. The SMILES string of the molecule is COC(=O)c1ccc2c(=O)[nH]c(COC(=O)c3ccccc3OCc3c(C)noc3C)nc2c1. The zero-order valence-corrected chi connectivity index (χ0v) is 18.7. The van der Waals surface area contributed by atoms with Crippen LogP contribution in [0.4, 0.5) is 0 Å². The maximum absolute atomic E-state index is 12.8. The van der Waals surface area contributed by atoms with E-state index in [-0.39, 0.29) is 35.7 Å². The van der Waals surface area contributed by atoms with Gasteiger partial charge in [-0.1, -0.05) is 17.3 Å². The summed E-state index contributed by atoms with van der Waals surface area (Å²) >= 11 is 0. The summed E-state index contributed by atoms with van der Waals surface area (Å²) in [6.07, 6.45) is 0. The van der Waals surface area contributed by atoms with Crippen LogP contribution in [0, 0.1) is 13.8 Å². The number of nitrogens with zero attached hydrogens (tertiary/aromatic N) is 2. The minimum absolute atomic E-state index is 0.127. The first-order valence-corrected chi connectivity index (χ1v) is 10.3. The molecule has 1 N–H and O–H groups in total. The third-order valence-corrected chi connectivity index (χ3v) is 5.18. The van der Waals surface area contributed by atoms with E-state index in [2.05, 4.69) is 15.1 Å². The van der Waals surface area contributed by atoms with Gasteiger partial charge >= 0.3 is 11.9 Å². The van der Waals surface area contributed by atoms with E-state index in [0.717, 1.165) is 5.56 Å². The van der Waals surface area contributed by atoms with Gasteiger partial charge in [0.2, 0.25) is 0 Å². The van der Waals surface area contributed by atoms with E-state index in [1.165, 1.54) is 25.3 Å². The number of hydrogen-bond donors (Lipinski definition) is 1. The highest BCUT2D eigenvalue weighted by molar-refractivity contribution is 5.94. The fourth-order valence-corrected chi connectivity index (χ4v) is 3.33. The van der Waals surface area contributed by atoms with Gasteiger partial charge in [0.05, 0.1) is 34.8 Å². The molecule has 0 fully saturated rings. The van der Waals surface area contributed by atoms with Gasteiger partial charge in [-0.25, -0.2) is 14.6 Å². The third-order valence-electron chi connectivity index (χ3n) is 5.18. The molecule has 2 aromatic heterocycles. The van der Waals surface area contributed by atoms with Crippen LogP contribution in [0.25, 0.3) is 10.9 Å². The molecule has 4 rings (SSSR count). The molecule has 0 spiro atoms. The number of aromatic nitrogens is 3. The molecule has 0 aliphatic carbocycles. The Bertz CT molecular complexity index is 1420. The Morgan fingerprint density at radius 2 is 1.85 bits per heavy atom. The quantitative estimate of drug-likeness (QED) is 0.410. The zero-order chi connectivity index (χ0) is 24.2. The lowest BCUT2D eigenvalue weighted by Crippen LogP contribution is -2.15. The van der Waals surface area contributed by atoms with Gasteiger partial charge < -0.3 is 23.7 Å². The van der Waals surface area contributed by atoms with Gasteiger partial charge in [-0.05, 0) is 44.2 Å². The van der Waals surface area contributed by atoms with E-state index in [1.807, 2.05) is 0 Å². The standard InChI is InChI=1S/C24H21N3O7/c1-13-18(14(2)34-27-13)11-32-20-7-5-4-6-17(20)24(30)33-12-21-25-19-10-15(23(29)31-3)8-9-16(19)22(28)26-21/h4-10H,11-12H2,1-3H3,(H,25,26,28). The predicted octanol–water partition coefficient (Wildman–Crippen LogP) is 3.25. The highest BCUT2D eigenvalue weighted by atomic mass is 16.5. The Morgan fingerprint density at radius 3 is 2.59 bits per heavy atom. The van der Waals surface area contributed by atoms with Crippen molar-refractivity contribution in [1.82, 2.24) is 15.1 Å². The number of hydrogen-bond acceptors (Lipinski definition) is 9. The topological polar surface area (TPSA) is 134 Å². The Kier molecular flexibility index (Phi) is 6.39. The molecule has 0 atom stereocenters. The molecule has 4 aromatic rings. The molecule has 10 heteroatoms. The van der Waals surface area contributed by atoms with Crippen molar-refractivity contribution in [2.75, 3.05) is 7.11 Å². The summed E-state index contributed by atoms with van der Waals surface area (Å²) in [5.41, 5.74) is 1.83. The number of rotatable bonds is 7. The van der Waals surface area contributed by atoms with Crippen molar-refractivity contribution < 1.29 is 28.3 Å². The average molecular weight is 463 g/mol. The number of para-hydroxylation sites is 1. The van der Waals surface area contributed by atoms with Gasteiger partial charge in [0.25, 0.3) is 5.56 Å². The number of ether oxygens (including phenoxy) is 3. The number of fused-ring (bicyclic) bond motifs is 1. The molecular formula is C24H21N3O7. The van der Waals surface area contributed by atoms with Gasteiger partial charge in [0, 0.05) is 0 Å². The Hall–Kier alpha value is -4.47. The Morgan fingerprint density at radius 1 is 1.06 bits per heavy atom. The first-order chi connectivity index (χ1) is 16.4. The number of methoxy groups -OCH3 is 1. The number of aromatic amines is 1. The molecule has 0 aliphatic heterocycles. The summed E-state index contributed by atoms with van der Waals surface area (Å²) in [4.78, 5) is 43.8. The molecule has 10 nitrogen and oxygen atoms in total. The van der Waals surface area contributed by atoms with E-state index < -0.39 is 17.5 Å². The second kappa shape index (κ2) is 9.57. The van der Waals surface area contributed by atoms with Crippen LogP contribution in [0.3, 0.4) is 0 Å². The fourth-order valence-electron chi connectivity index (χ4n) is 3.33. The largest absolute Gasteiger partial charge is 0.488 e. The number of carbonyl (C=O) groups excluding carboxylic acids is 2. The van der Waals surface area contributed by atoms with E-state index in [9.17, 15) is 14.4 Å². The fraction of sp³-hybridized carbons (Fsp3) is 0.208. The lowest BCUT2D eigenvalue weighted by Gasteiger charge is -2.11. The maximum Gasteiger partial charge on any atom is 0.342 e. The smallest absolute Gasteiger partial charge is 0.342 e. The Balaban J connectivity index is 1.50. The molecule has 34 heavy (non-hydrogen) atoms. The normalized spacial score (nSPS) is 10.8. The van der Waals surface area contributed by atoms with Crippen LogP contribution in [0.5, 0.6) is 5.75 Å². The van der Waals surface area contributed by atoms with E-state index in [0.29, 0.717) is 22.6 Å². The van der Waals surface area contributed by atoms with Crippen LogP contribution in [-0.4, -0.2) is 34.2 Å². The van der Waals surface area contributed by atoms with Crippen molar-refractivity contribution in [3.63, 3.8) is 0 Å². The molecule has 0 radical (unpaired) electrons. The highest BCUT2D eigenvalue weighted by Gasteiger charge is 2.17. The summed E-state index contributed by atoms with van der Waals surface area (Å²) < 4.78 is 21.0. The highest BCUT2D eigenvalue weighted by Crippen LogP contribution is 2.22. The van der Waals surface area contributed by atoms with E-state index in [4.69, 9.17) is 18.7 Å². The number of esters is 2. The summed E-state index contributed by atoms with van der Waals surface area (Å²) in [6, 6.07) is 11.0. The molecule has 174 valence electrons. The number of nitrogens with one attached hydrogen (secondary N) is 1. The number of aryl methyl sites for hydroxylation is 2. The zero-order valence-electron chi connectivity index (χ0n) is 18.7. The Labute approximate surface area is 193 Å². The van der Waals surface area contributed by atoms with E-state index in [1.54, 1.807) is 38.1 Å². The molecule has 0 amide bonds. The molecule has 0 saturated carbocycles. The van der Waals surface area contributed by atoms with Crippen LogP contribution in [0.2, 0.25) is 0 Å². The number of benzene rings is 2. The van der Waals surface area contributed by atoms with Crippen molar-refractivity contribution >= 4 is 22.8 Å². The van der Waals surface area contributed by atoms with Crippen LogP contribution >= 0.6 is 0 Å². The minimum atomic E-state index is -0.652. The van der Waals surface area contributed by atoms with Gasteiger partial charge in [0.1, 0.15) is 36.1 Å². The van der Waals surface area contributed by atoms with Crippen LogP contribution < -0.4 is 10.3 Å². The monoisotopic (exact) mass is 463 g/mol. The van der Waals surface area contributed by atoms with Gasteiger partial charge in [-0.15, -0.1) is 0 Å². The molecule has 2 aromatic carbocycles. The first-order valence-electron chi connectivity index (χ1n) is 10.3. The third kappa shape index (κ3) is 4.65. The van der Waals surface area contributed by atoms with Crippen molar-refractivity contribution in [1.29, 1.82) is 0 Å². The average Bonchev–Trinajstić information content (AvgIpc) is 3.17. The summed E-state index contributed by atoms with van der Waals surface area (Å²) in [6.45, 7) is 3.48. The first kappa shape index (κ1) is 22.7. The van der Waals surface area contributed by atoms with E-state index >= 15 is 0 Å². The molecule has 0 unspecified atom stereocenters. The summed E-state index contributed by atoms with van der Waals surface area (Å²) in [7, 11) is 1.26. The predicted molar refractivity (Wildman–Crippen MR) is 120 cm³/mol. The van der Waals surface area contributed by atoms with Gasteiger partial charge in [-0.3, -0.25) is 4.79 Å². The maximum atomic E-state index is 12.8. The lowest BCUT2D eigenvalue weighted by molar-refractivity contribution is 0.0457. The van der Waals surface area contributed by atoms with Crippen LogP contribution in [0.1, 0.15) is 43.6 Å². The van der Waals surface area contributed by atoms with Gasteiger partial charge in [-0.2, -0.15) is 0 Å². The summed E-state index contributed by atoms with van der Waals surface area (Å²) in [5.74, 6) is -0.109.